The fraction of sp³-hybridized carbons (Fsp3) is 0.692. The number of rotatable bonds is 4. The summed E-state index contributed by atoms with van der Waals surface area (Å²) in [6.45, 7) is 4.96. The standard InChI is InChI=1S/C13H23N5/c1-10(14)8-15-13-6-5-12(16-17-13)11-4-3-7-18(2)9-11/h5-6,10-11H,3-4,7-9,14H2,1-2H3,(H,15,17). The van der Waals surface area contributed by atoms with Gasteiger partial charge in [0, 0.05) is 25.0 Å². The van der Waals surface area contributed by atoms with E-state index in [9.17, 15) is 0 Å². The number of likely N-dealkylation sites (N-methyl/N-ethyl adjacent to an activating group) is 1. The van der Waals surface area contributed by atoms with Crippen LogP contribution in [-0.4, -0.2) is 47.8 Å². The smallest absolute Gasteiger partial charge is 0.148 e. The molecule has 5 nitrogen and oxygen atoms in total. The van der Waals surface area contributed by atoms with Crippen molar-refractivity contribution in [3.05, 3.63) is 17.8 Å². The molecule has 0 amide bonds. The third-order valence-corrected chi connectivity index (χ3v) is 3.33. The van der Waals surface area contributed by atoms with Gasteiger partial charge in [-0.15, -0.1) is 5.10 Å². The minimum absolute atomic E-state index is 0.124. The number of likely N-dealkylation sites (tertiary alicyclic amines) is 1. The zero-order valence-electron chi connectivity index (χ0n) is 11.3. The maximum absolute atomic E-state index is 5.69. The van der Waals surface area contributed by atoms with Crippen LogP contribution in [0.3, 0.4) is 0 Å². The van der Waals surface area contributed by atoms with Gasteiger partial charge in [0.15, 0.2) is 0 Å². The topological polar surface area (TPSA) is 67.1 Å². The maximum Gasteiger partial charge on any atom is 0.148 e. The molecule has 100 valence electrons. The first-order valence-electron chi connectivity index (χ1n) is 6.67. The van der Waals surface area contributed by atoms with Crippen molar-refractivity contribution >= 4 is 5.82 Å². The Labute approximate surface area is 109 Å². The summed E-state index contributed by atoms with van der Waals surface area (Å²) >= 11 is 0. The Balaban J connectivity index is 1.94. The Bertz CT molecular complexity index is 362. The monoisotopic (exact) mass is 249 g/mol. The van der Waals surface area contributed by atoms with E-state index in [0.29, 0.717) is 5.92 Å². The molecular weight excluding hydrogens is 226 g/mol. The highest BCUT2D eigenvalue weighted by Gasteiger charge is 2.20. The lowest BCUT2D eigenvalue weighted by atomic mass is 9.95. The van der Waals surface area contributed by atoms with E-state index in [2.05, 4.69) is 33.5 Å². The molecular formula is C13H23N5. The van der Waals surface area contributed by atoms with Crippen LogP contribution in [0, 0.1) is 0 Å². The van der Waals surface area contributed by atoms with Gasteiger partial charge in [-0.2, -0.15) is 5.10 Å². The molecule has 0 aromatic carbocycles. The number of nitrogens with two attached hydrogens (primary N) is 1. The Kier molecular flexibility index (Phi) is 4.49. The maximum atomic E-state index is 5.69. The van der Waals surface area contributed by atoms with Gasteiger partial charge in [0.25, 0.3) is 0 Å². The Morgan fingerprint density at radius 3 is 2.94 bits per heavy atom. The van der Waals surface area contributed by atoms with Crippen molar-refractivity contribution in [2.75, 3.05) is 32.0 Å². The summed E-state index contributed by atoms with van der Waals surface area (Å²) in [6.07, 6.45) is 2.46. The van der Waals surface area contributed by atoms with Crippen molar-refractivity contribution in [2.24, 2.45) is 5.73 Å². The summed E-state index contributed by atoms with van der Waals surface area (Å²) in [5, 5.41) is 11.7. The van der Waals surface area contributed by atoms with Gasteiger partial charge >= 0.3 is 0 Å². The first-order valence-corrected chi connectivity index (χ1v) is 6.67. The first-order chi connectivity index (χ1) is 8.65. The van der Waals surface area contributed by atoms with Crippen LogP contribution < -0.4 is 11.1 Å². The number of nitrogens with zero attached hydrogens (tertiary/aromatic N) is 3. The average molecular weight is 249 g/mol. The van der Waals surface area contributed by atoms with Crippen LogP contribution >= 0.6 is 0 Å². The van der Waals surface area contributed by atoms with Crippen LogP contribution in [0.15, 0.2) is 12.1 Å². The van der Waals surface area contributed by atoms with Crippen molar-refractivity contribution in [3.8, 4) is 0 Å². The molecule has 0 radical (unpaired) electrons. The lowest BCUT2D eigenvalue weighted by Crippen LogP contribution is -2.31. The number of piperidine rings is 1. The van der Waals surface area contributed by atoms with Gasteiger partial charge in [-0.25, -0.2) is 0 Å². The van der Waals surface area contributed by atoms with E-state index in [1.54, 1.807) is 0 Å². The third-order valence-electron chi connectivity index (χ3n) is 3.33. The molecule has 0 bridgehead atoms. The van der Waals surface area contributed by atoms with Crippen LogP contribution in [0.5, 0.6) is 0 Å². The Hall–Kier alpha value is -1.20. The molecule has 1 aromatic heterocycles. The minimum Gasteiger partial charge on any atom is -0.367 e. The summed E-state index contributed by atoms with van der Waals surface area (Å²) in [6, 6.07) is 4.21. The van der Waals surface area contributed by atoms with E-state index < -0.39 is 0 Å². The molecule has 1 saturated heterocycles. The minimum atomic E-state index is 0.124. The van der Waals surface area contributed by atoms with E-state index in [1.807, 2.05) is 13.0 Å². The van der Waals surface area contributed by atoms with Crippen LogP contribution in [0.1, 0.15) is 31.4 Å². The number of hydrogen-bond acceptors (Lipinski definition) is 5. The quantitative estimate of drug-likeness (QED) is 0.834. The van der Waals surface area contributed by atoms with Gasteiger partial charge in [-0.1, -0.05) is 0 Å². The molecule has 2 atom stereocenters. The van der Waals surface area contributed by atoms with Crippen molar-refractivity contribution in [1.29, 1.82) is 0 Å². The summed E-state index contributed by atoms with van der Waals surface area (Å²) in [7, 11) is 2.16. The van der Waals surface area contributed by atoms with Gasteiger partial charge in [0.1, 0.15) is 5.82 Å². The lowest BCUT2D eigenvalue weighted by Gasteiger charge is -2.28. The van der Waals surface area contributed by atoms with Gasteiger partial charge in [-0.05, 0) is 45.5 Å². The van der Waals surface area contributed by atoms with Crippen molar-refractivity contribution in [1.82, 2.24) is 15.1 Å². The molecule has 2 rings (SSSR count). The zero-order valence-corrected chi connectivity index (χ0v) is 11.3. The number of anilines is 1. The fourth-order valence-electron chi connectivity index (χ4n) is 2.33. The Morgan fingerprint density at radius 2 is 2.33 bits per heavy atom. The molecule has 1 fully saturated rings. The molecule has 3 N–H and O–H groups in total. The van der Waals surface area contributed by atoms with E-state index in [4.69, 9.17) is 5.73 Å². The normalized spacial score (nSPS) is 22.7. The van der Waals surface area contributed by atoms with Crippen LogP contribution in [-0.2, 0) is 0 Å². The van der Waals surface area contributed by atoms with Crippen LogP contribution in [0.4, 0.5) is 5.82 Å². The molecule has 1 aromatic rings. The lowest BCUT2D eigenvalue weighted by molar-refractivity contribution is 0.248. The second kappa shape index (κ2) is 6.11. The van der Waals surface area contributed by atoms with Gasteiger partial charge in [-0.3, -0.25) is 0 Å². The fourth-order valence-corrected chi connectivity index (χ4v) is 2.33. The average Bonchev–Trinajstić information content (AvgIpc) is 2.37. The molecule has 1 aliphatic rings. The van der Waals surface area contributed by atoms with Crippen molar-refractivity contribution in [3.63, 3.8) is 0 Å². The number of hydrogen-bond donors (Lipinski definition) is 2. The predicted molar refractivity (Wildman–Crippen MR) is 73.6 cm³/mol. The number of aromatic nitrogens is 2. The van der Waals surface area contributed by atoms with E-state index in [-0.39, 0.29) is 6.04 Å². The van der Waals surface area contributed by atoms with E-state index >= 15 is 0 Å². The van der Waals surface area contributed by atoms with Crippen molar-refractivity contribution in [2.45, 2.75) is 31.7 Å². The van der Waals surface area contributed by atoms with E-state index in [0.717, 1.165) is 24.6 Å². The van der Waals surface area contributed by atoms with E-state index in [1.165, 1.54) is 19.4 Å². The van der Waals surface area contributed by atoms with Gasteiger partial charge < -0.3 is 16.0 Å². The molecule has 2 unspecified atom stereocenters. The summed E-state index contributed by atoms with van der Waals surface area (Å²) in [4.78, 5) is 2.36. The molecule has 0 aliphatic carbocycles. The number of nitrogens with one attached hydrogen (secondary N) is 1. The SMILES string of the molecule is CC(N)CNc1ccc(C2CCCN(C)C2)nn1. The molecule has 0 spiro atoms. The molecule has 5 heteroatoms. The summed E-state index contributed by atoms with van der Waals surface area (Å²) in [5.41, 5.74) is 6.79. The third kappa shape index (κ3) is 3.65. The predicted octanol–water partition coefficient (Wildman–Crippen LogP) is 1.04. The second-order valence-corrected chi connectivity index (χ2v) is 5.30. The van der Waals surface area contributed by atoms with Gasteiger partial charge in [0.05, 0.1) is 5.69 Å². The highest BCUT2D eigenvalue weighted by atomic mass is 15.2. The molecule has 0 saturated carbocycles. The summed E-state index contributed by atoms with van der Waals surface area (Å²) < 4.78 is 0. The molecule has 18 heavy (non-hydrogen) atoms. The van der Waals surface area contributed by atoms with Crippen LogP contribution in [0.2, 0.25) is 0 Å². The highest BCUT2D eigenvalue weighted by Crippen LogP contribution is 2.24. The second-order valence-electron chi connectivity index (χ2n) is 5.30. The van der Waals surface area contributed by atoms with Crippen molar-refractivity contribution < 1.29 is 0 Å². The highest BCUT2D eigenvalue weighted by molar-refractivity contribution is 5.33. The van der Waals surface area contributed by atoms with Crippen LogP contribution in [0.25, 0.3) is 0 Å². The summed E-state index contributed by atoms with van der Waals surface area (Å²) in [5.74, 6) is 1.33. The van der Waals surface area contributed by atoms with Gasteiger partial charge in [0.2, 0.25) is 0 Å². The molecule has 2 heterocycles. The molecule has 1 aliphatic heterocycles. The Morgan fingerprint density at radius 1 is 1.50 bits per heavy atom. The zero-order chi connectivity index (χ0) is 13.0. The largest absolute Gasteiger partial charge is 0.367 e. The first kappa shape index (κ1) is 13.2.